The molecule has 2 saturated heterocycles. The molecule has 0 bridgehead atoms. The number of ether oxygens (including phenoxy) is 11. The first-order chi connectivity index (χ1) is 32.1. The summed E-state index contributed by atoms with van der Waals surface area (Å²) in [6.07, 6.45) is 18.6. The van der Waals surface area contributed by atoms with Crippen molar-refractivity contribution in [2.45, 2.75) is 160 Å². The predicted octanol–water partition coefficient (Wildman–Crippen LogP) is 7.70. The third kappa shape index (κ3) is 13.9. The standard InChI is InChI=1S/C54H90O13/c1-17-42(57-9)35(6)38-26-28-40(38)44(55)31(2)21-18-23-33(4)46-50(61-13)52(48(59-11)37(8)66-46)65-30-20-25-43(58-10)36(7)39-27-29-41(39)45(56)32(3)22-19-24-34(5)47-49(60-12)51(62-14)53(63-15)54(64-16)67-47/h18-19,21-24,26-29,31-32,35-56H,17,20,25,30H2,1-16H3/b21-18+,22-19+,33-23+,34-24+/t31-,32-,35-,36-,37+,38+,39+,40-,41-,42-,43-,44+,45+,46-,47-,48+,49-,50+,51-,52+,53+,54-/m0/s1. The van der Waals surface area contributed by atoms with Crippen LogP contribution >= 0.6 is 0 Å². The minimum atomic E-state index is -0.612. The highest BCUT2D eigenvalue weighted by molar-refractivity contribution is 5.22. The van der Waals surface area contributed by atoms with E-state index in [1.165, 1.54) is 0 Å². The van der Waals surface area contributed by atoms with E-state index in [9.17, 15) is 10.2 Å². The van der Waals surface area contributed by atoms with Gasteiger partial charge >= 0.3 is 0 Å². The fraction of sp³-hybridized carbons (Fsp3) is 0.778. The van der Waals surface area contributed by atoms with Crippen LogP contribution in [0.5, 0.6) is 0 Å². The Labute approximate surface area is 404 Å². The molecule has 384 valence electrons. The summed E-state index contributed by atoms with van der Waals surface area (Å²) in [5, 5.41) is 22.9. The van der Waals surface area contributed by atoms with Crippen molar-refractivity contribution in [2.75, 3.05) is 63.5 Å². The van der Waals surface area contributed by atoms with E-state index >= 15 is 0 Å². The van der Waals surface area contributed by atoms with Gasteiger partial charge in [-0.05, 0) is 74.9 Å². The number of aliphatic hydroxyl groups is 2. The van der Waals surface area contributed by atoms with Gasteiger partial charge in [0.25, 0.3) is 0 Å². The van der Waals surface area contributed by atoms with E-state index in [0.717, 1.165) is 30.4 Å². The molecule has 2 fully saturated rings. The summed E-state index contributed by atoms with van der Waals surface area (Å²) in [6.45, 7) is 17.2. The van der Waals surface area contributed by atoms with Crippen molar-refractivity contribution in [1.29, 1.82) is 0 Å². The van der Waals surface area contributed by atoms with Gasteiger partial charge in [0.05, 0.1) is 30.5 Å². The molecule has 2 heterocycles. The Morgan fingerprint density at radius 2 is 1.01 bits per heavy atom. The summed E-state index contributed by atoms with van der Waals surface area (Å²) in [7, 11) is 13.4. The maximum Gasteiger partial charge on any atom is 0.186 e. The molecule has 13 heteroatoms. The number of methoxy groups -OCH3 is 8. The molecule has 4 rings (SSSR count). The van der Waals surface area contributed by atoms with Crippen molar-refractivity contribution in [3.8, 4) is 0 Å². The summed E-state index contributed by atoms with van der Waals surface area (Å²) in [6, 6.07) is 0. The first kappa shape index (κ1) is 57.5. The largest absolute Gasteiger partial charge is 0.392 e. The highest BCUT2D eigenvalue weighted by Gasteiger charge is 2.49. The Balaban J connectivity index is 1.31. The van der Waals surface area contributed by atoms with Gasteiger partial charge in [-0.2, -0.15) is 0 Å². The molecule has 0 saturated carbocycles. The van der Waals surface area contributed by atoms with Gasteiger partial charge in [-0.15, -0.1) is 0 Å². The zero-order valence-corrected chi connectivity index (χ0v) is 43.7. The molecular formula is C54H90O13. The van der Waals surface area contributed by atoms with E-state index < -0.39 is 42.9 Å². The lowest BCUT2D eigenvalue weighted by Gasteiger charge is -2.45. The number of rotatable bonds is 28. The summed E-state index contributed by atoms with van der Waals surface area (Å²) in [4.78, 5) is 0. The second-order valence-electron chi connectivity index (χ2n) is 19.4. The smallest absolute Gasteiger partial charge is 0.186 e. The molecule has 22 atom stereocenters. The van der Waals surface area contributed by atoms with Crippen molar-refractivity contribution in [1.82, 2.24) is 0 Å². The first-order valence-corrected chi connectivity index (χ1v) is 24.7. The van der Waals surface area contributed by atoms with Crippen molar-refractivity contribution in [2.24, 2.45) is 47.3 Å². The highest BCUT2D eigenvalue weighted by atomic mass is 16.7. The fourth-order valence-electron chi connectivity index (χ4n) is 11.0. The second-order valence-corrected chi connectivity index (χ2v) is 19.4. The maximum atomic E-state index is 11.6. The number of allylic oxidation sites excluding steroid dienone is 6. The average Bonchev–Trinajstić information content (AvgIpc) is 3.29. The van der Waals surface area contributed by atoms with Gasteiger partial charge in [-0.1, -0.05) is 95.4 Å². The highest BCUT2D eigenvalue weighted by Crippen LogP contribution is 2.42. The normalized spacial score (nSPS) is 36.3. The third-order valence-corrected chi connectivity index (χ3v) is 15.5. The third-order valence-electron chi connectivity index (χ3n) is 15.5. The molecule has 13 nitrogen and oxygen atoms in total. The van der Waals surface area contributed by atoms with E-state index in [1.54, 1.807) is 56.9 Å². The SMILES string of the molecule is CC[C@H](OC)[C@@H](C)[C@H]1C=C[C@@H]1[C@H](O)[C@@H](C)/C=C/C=C(\C)[C@@H]1O[C@H](C)[C@@H](OC)[C@@H](OCCC[C@H](OC)[C@@H](C)[C@H]2C=C[C@@H]2[C@H](O)[C@@H](C)/C=C/C=C(\C)[C@@H]2O[C@H](OC)[C@H](OC)[C@@H](OC)[C@H]2OC)[C@@H]1OC. The molecular weight excluding hydrogens is 857 g/mol. The van der Waals surface area contributed by atoms with Crippen molar-refractivity contribution in [3.63, 3.8) is 0 Å². The second kappa shape index (κ2) is 28.1. The minimum Gasteiger partial charge on any atom is -0.392 e. The molecule has 0 aromatic carbocycles. The molecule has 0 aromatic heterocycles. The van der Waals surface area contributed by atoms with Gasteiger partial charge in [0.2, 0.25) is 0 Å². The van der Waals surface area contributed by atoms with Gasteiger partial charge in [0.15, 0.2) is 6.29 Å². The lowest BCUT2D eigenvalue weighted by Crippen LogP contribution is -2.60. The summed E-state index contributed by atoms with van der Waals surface area (Å²) < 4.78 is 66.1. The van der Waals surface area contributed by atoms with Crippen LogP contribution in [0.1, 0.15) is 74.7 Å². The van der Waals surface area contributed by atoms with E-state index in [1.807, 2.05) is 45.1 Å². The Bertz CT molecular complexity index is 1620. The van der Waals surface area contributed by atoms with Crippen LogP contribution in [0.3, 0.4) is 0 Å². The number of aliphatic hydroxyl groups excluding tert-OH is 2. The Kier molecular flexibility index (Phi) is 24.1. The molecule has 0 radical (unpaired) electrons. The topological polar surface area (TPSA) is 142 Å². The number of hydrogen-bond donors (Lipinski definition) is 2. The van der Waals surface area contributed by atoms with E-state index in [4.69, 9.17) is 52.1 Å². The van der Waals surface area contributed by atoms with Gasteiger partial charge in [0.1, 0.15) is 48.8 Å². The van der Waals surface area contributed by atoms with Crippen molar-refractivity contribution < 1.29 is 62.3 Å². The van der Waals surface area contributed by atoms with Crippen molar-refractivity contribution in [3.05, 3.63) is 71.9 Å². The van der Waals surface area contributed by atoms with Gasteiger partial charge in [-0.3, -0.25) is 0 Å². The summed E-state index contributed by atoms with van der Waals surface area (Å²) in [5.41, 5.74) is 1.95. The lowest BCUT2D eigenvalue weighted by atomic mass is 9.67. The van der Waals surface area contributed by atoms with E-state index in [2.05, 4.69) is 71.1 Å². The Hall–Kier alpha value is -2.08. The molecule has 2 N–H and O–H groups in total. The molecule has 2 aliphatic heterocycles. The number of hydrogen-bond acceptors (Lipinski definition) is 13. The Morgan fingerprint density at radius 3 is 1.43 bits per heavy atom. The monoisotopic (exact) mass is 947 g/mol. The Morgan fingerprint density at radius 1 is 0.567 bits per heavy atom. The van der Waals surface area contributed by atoms with Crippen LogP contribution < -0.4 is 0 Å². The minimum absolute atomic E-state index is 0.00455. The van der Waals surface area contributed by atoms with Crippen LogP contribution in [0.2, 0.25) is 0 Å². The lowest BCUT2D eigenvalue weighted by molar-refractivity contribution is -0.295. The molecule has 67 heavy (non-hydrogen) atoms. The summed E-state index contributed by atoms with van der Waals surface area (Å²) in [5.74, 6) is 0.949. The predicted molar refractivity (Wildman–Crippen MR) is 262 cm³/mol. The molecule has 0 aromatic rings. The van der Waals surface area contributed by atoms with Crippen LogP contribution in [-0.2, 0) is 52.1 Å². The zero-order chi connectivity index (χ0) is 49.5. The first-order valence-electron chi connectivity index (χ1n) is 24.7. The molecule has 0 unspecified atom stereocenters. The molecule has 0 spiro atoms. The van der Waals surface area contributed by atoms with Crippen LogP contribution in [-0.4, -0.2) is 159 Å². The maximum absolute atomic E-state index is 11.6. The van der Waals surface area contributed by atoms with Gasteiger partial charge in [0, 0.05) is 87.2 Å². The van der Waals surface area contributed by atoms with Gasteiger partial charge in [-0.25, -0.2) is 0 Å². The average molecular weight is 947 g/mol. The van der Waals surface area contributed by atoms with E-state index in [-0.39, 0.29) is 78.2 Å². The molecule has 2 aliphatic carbocycles. The fourth-order valence-corrected chi connectivity index (χ4v) is 11.0. The van der Waals surface area contributed by atoms with Crippen LogP contribution in [0, 0.1) is 47.3 Å². The van der Waals surface area contributed by atoms with Crippen LogP contribution in [0.25, 0.3) is 0 Å². The van der Waals surface area contributed by atoms with Crippen LogP contribution in [0.15, 0.2) is 71.9 Å². The van der Waals surface area contributed by atoms with Crippen LogP contribution in [0.4, 0.5) is 0 Å². The summed E-state index contributed by atoms with van der Waals surface area (Å²) >= 11 is 0. The van der Waals surface area contributed by atoms with E-state index in [0.29, 0.717) is 18.4 Å². The zero-order valence-electron chi connectivity index (χ0n) is 43.7. The quantitative estimate of drug-likeness (QED) is 0.0450. The van der Waals surface area contributed by atoms with Crippen molar-refractivity contribution >= 4 is 0 Å². The molecule has 4 aliphatic rings. The van der Waals surface area contributed by atoms with Gasteiger partial charge < -0.3 is 62.3 Å². The molecule has 0 amide bonds.